The molecule has 3 saturated heterocycles. The molecule has 12 atom stereocenters. The van der Waals surface area contributed by atoms with E-state index in [1.165, 1.54) is 17.8 Å². The predicted octanol–water partition coefficient (Wildman–Crippen LogP) is 13.6. The summed E-state index contributed by atoms with van der Waals surface area (Å²) in [4.78, 5) is 30.9. The Bertz CT molecular complexity index is 2800. The summed E-state index contributed by atoms with van der Waals surface area (Å²) in [6, 6.07) is 10.5. The summed E-state index contributed by atoms with van der Waals surface area (Å²) in [7, 11) is 3.90. The Hall–Kier alpha value is -4.63. The number of hydrogen-bond acceptors (Lipinski definition) is 12. The highest BCUT2D eigenvalue weighted by molar-refractivity contribution is 6.31. The zero-order chi connectivity index (χ0) is 67.8. The van der Waals surface area contributed by atoms with Crippen molar-refractivity contribution in [1.29, 1.82) is 0 Å². The minimum absolute atomic E-state index is 0.0464. The molecule has 4 fully saturated rings. The summed E-state index contributed by atoms with van der Waals surface area (Å²) < 4.78 is 82.4. The van der Waals surface area contributed by atoms with Crippen molar-refractivity contribution < 1.29 is 31.1 Å². The molecule has 1 saturated carbocycles. The van der Waals surface area contributed by atoms with Crippen molar-refractivity contribution in [3.63, 3.8) is 0 Å². The van der Waals surface area contributed by atoms with Gasteiger partial charge in [-0.1, -0.05) is 97.0 Å². The molecule has 1 amide bonds. The van der Waals surface area contributed by atoms with Crippen molar-refractivity contribution in [2.45, 2.75) is 238 Å². The molecule has 7 rings (SSSR count). The van der Waals surface area contributed by atoms with Crippen LogP contribution in [0.3, 0.4) is 0 Å². The number of aliphatic imine (C=N–C) groups is 1. The molecule has 1 aliphatic carbocycles. The van der Waals surface area contributed by atoms with Crippen LogP contribution in [0.15, 0.2) is 95.4 Å². The number of allylic oxidation sites excluding steroid dienone is 4. The Morgan fingerprint density at radius 2 is 1.46 bits per heavy atom. The van der Waals surface area contributed by atoms with Gasteiger partial charge in [0.05, 0.1) is 28.6 Å². The van der Waals surface area contributed by atoms with Crippen molar-refractivity contribution in [2.24, 2.45) is 28.7 Å². The Morgan fingerprint density at radius 1 is 0.774 bits per heavy atom. The van der Waals surface area contributed by atoms with Crippen molar-refractivity contribution in [3.8, 4) is 0 Å². The quantitative estimate of drug-likeness (QED) is 0.114. The SMILES string of the molecule is CC[C@H](C)[C@H]1C(C)NC2(CCCC2)CNCCN=CC=C(CCc2ccc(C(F)(F)F)c(Cl)c2)NC=CN(C)C=C(Cc2ccc(C(F)(F)F)cc2)N(C)C=C2CCCN2[C@@H](C)C(C)N[C@@H]([C@@H](C)CC)CN[C@@H](CC(C)C)C(C)NCC2[C@@H](C(=O)N3CCCC3)C(C)N21. The van der Waals surface area contributed by atoms with Crippen LogP contribution in [0.2, 0.25) is 5.02 Å². The number of carbonyl (C=O) groups is 1. The number of nitrogens with one attached hydrogen (secondary N) is 6. The van der Waals surface area contributed by atoms with Crippen molar-refractivity contribution in [3.05, 3.63) is 118 Å². The summed E-state index contributed by atoms with van der Waals surface area (Å²) >= 11 is 6.18. The Kier molecular flexibility index (Phi) is 28.5. The molecule has 6 N–H and O–H groups in total. The van der Waals surface area contributed by atoms with Crippen LogP contribution in [0.4, 0.5) is 26.3 Å². The van der Waals surface area contributed by atoms with Crippen LogP contribution in [-0.2, 0) is 30.0 Å². The minimum Gasteiger partial charge on any atom is -0.369 e. The summed E-state index contributed by atoms with van der Waals surface area (Å²) in [6.07, 6.45) is 15.1. The lowest BCUT2D eigenvalue weighted by atomic mass is 9.74. The van der Waals surface area contributed by atoms with E-state index in [0.29, 0.717) is 61.6 Å². The van der Waals surface area contributed by atoms with Crippen LogP contribution in [-0.4, -0.2) is 163 Å². The molecule has 522 valence electrons. The molecule has 2 aromatic rings. The van der Waals surface area contributed by atoms with E-state index in [1.54, 1.807) is 24.5 Å². The summed E-state index contributed by atoms with van der Waals surface area (Å²) in [5.41, 5.74) is 2.52. The van der Waals surface area contributed by atoms with E-state index in [2.05, 4.69) is 134 Å². The fourth-order valence-electron chi connectivity index (χ4n) is 15.1. The molecule has 13 nitrogen and oxygen atoms in total. The highest BCUT2D eigenvalue weighted by atomic mass is 35.5. The Labute approximate surface area is 559 Å². The van der Waals surface area contributed by atoms with Gasteiger partial charge in [0.15, 0.2) is 0 Å². The Morgan fingerprint density at radius 3 is 2.11 bits per heavy atom. The van der Waals surface area contributed by atoms with E-state index >= 15 is 0 Å². The normalized spacial score (nSPS) is 28.4. The number of carbonyl (C=O) groups excluding carboxylic acids is 1. The van der Waals surface area contributed by atoms with Gasteiger partial charge in [-0.2, -0.15) is 26.3 Å². The number of fused-ring (bicyclic) bond motifs is 2. The van der Waals surface area contributed by atoms with Gasteiger partial charge in [0, 0.05) is 174 Å². The fraction of sp³-hybridized carbons (Fsp3) is 0.699. The zero-order valence-electron chi connectivity index (χ0n) is 58.3. The van der Waals surface area contributed by atoms with Gasteiger partial charge in [0.25, 0.3) is 0 Å². The third kappa shape index (κ3) is 21.2. The zero-order valence-corrected chi connectivity index (χ0v) is 59.1. The number of likely N-dealkylation sites (N-methyl/N-ethyl adjacent to an activating group) is 1. The van der Waals surface area contributed by atoms with E-state index in [0.717, 1.165) is 145 Å². The first-order valence-corrected chi connectivity index (χ1v) is 35.5. The van der Waals surface area contributed by atoms with Crippen LogP contribution in [0, 0.1) is 23.7 Å². The second-order valence-electron chi connectivity index (χ2n) is 28.5. The molecule has 0 radical (unpaired) electrons. The monoisotopic (exact) mass is 1320 g/mol. The number of likely N-dealkylation sites (tertiary alicyclic amines) is 1. The van der Waals surface area contributed by atoms with E-state index in [1.807, 2.05) is 37.5 Å². The van der Waals surface area contributed by atoms with Gasteiger partial charge in [-0.25, -0.2) is 0 Å². The second kappa shape index (κ2) is 35.0. The molecule has 0 aromatic heterocycles. The fourth-order valence-corrected chi connectivity index (χ4v) is 15.4. The summed E-state index contributed by atoms with van der Waals surface area (Å²) in [5.74, 6) is 1.47. The van der Waals surface area contributed by atoms with Crippen LogP contribution in [0.5, 0.6) is 0 Å². The summed E-state index contributed by atoms with van der Waals surface area (Å²) in [6.45, 7) is 31.7. The topological polar surface area (TPSA) is 118 Å². The van der Waals surface area contributed by atoms with Crippen LogP contribution >= 0.6 is 11.6 Å². The third-order valence-electron chi connectivity index (χ3n) is 21.1. The van der Waals surface area contributed by atoms with Gasteiger partial charge in [0.2, 0.25) is 5.91 Å². The number of halogens is 7. The molecule has 2 aromatic carbocycles. The molecule has 4 heterocycles. The average molecular weight is 1330 g/mol. The van der Waals surface area contributed by atoms with Crippen molar-refractivity contribution in [1.82, 2.24) is 56.4 Å². The first-order valence-electron chi connectivity index (χ1n) is 35.2. The van der Waals surface area contributed by atoms with Gasteiger partial charge in [-0.3, -0.25) is 14.7 Å². The van der Waals surface area contributed by atoms with E-state index in [-0.39, 0.29) is 70.9 Å². The first-order chi connectivity index (χ1) is 44.1. The lowest BCUT2D eigenvalue weighted by molar-refractivity contribution is -0.160. The third-order valence-corrected chi connectivity index (χ3v) is 21.5. The van der Waals surface area contributed by atoms with Gasteiger partial charge in [-0.15, -0.1) is 0 Å². The summed E-state index contributed by atoms with van der Waals surface area (Å²) in [5, 5.41) is 23.5. The highest BCUT2D eigenvalue weighted by Crippen LogP contribution is 2.42. The van der Waals surface area contributed by atoms with Gasteiger partial charge >= 0.3 is 12.4 Å². The maximum absolute atomic E-state index is 14.7. The average Bonchev–Trinajstić information content (AvgIpc) is 1.18. The highest BCUT2D eigenvalue weighted by Gasteiger charge is 2.55. The minimum atomic E-state index is -4.57. The largest absolute Gasteiger partial charge is 0.417 e. The smallest absolute Gasteiger partial charge is 0.369 e. The number of aryl methyl sites for hydroxylation is 1. The molecule has 0 bridgehead atoms. The molecule has 20 heteroatoms. The van der Waals surface area contributed by atoms with Crippen molar-refractivity contribution >= 4 is 23.7 Å². The van der Waals surface area contributed by atoms with Crippen molar-refractivity contribution in [2.75, 3.05) is 66.5 Å². The molecular weight excluding hydrogens is 1210 g/mol. The van der Waals surface area contributed by atoms with Gasteiger partial charge < -0.3 is 51.5 Å². The van der Waals surface area contributed by atoms with E-state index in [9.17, 15) is 31.1 Å². The lowest BCUT2D eigenvalue weighted by Gasteiger charge is -2.60. The predicted molar refractivity (Wildman–Crippen MR) is 370 cm³/mol. The molecule has 1 spiro atoms. The van der Waals surface area contributed by atoms with Gasteiger partial charge in [-0.05, 0) is 152 Å². The molecule has 93 heavy (non-hydrogen) atoms. The number of amides is 1. The number of hydrogen-bond donors (Lipinski definition) is 6. The maximum Gasteiger partial charge on any atom is 0.417 e. The number of benzene rings is 2. The van der Waals surface area contributed by atoms with Crippen LogP contribution < -0.4 is 31.9 Å². The molecule has 4 aliphatic heterocycles. The van der Waals surface area contributed by atoms with Gasteiger partial charge in [0.1, 0.15) is 0 Å². The number of nitrogens with zero attached hydrogens (tertiary/aromatic N) is 6. The standard InChI is InChI=1S/C73H115ClF6N12O/c1-14-50(5)66-44-85-65(41-49(3)4)53(8)84-45-67-68(70(93)90-37-18-19-38-90)56(11)92(67)69(51(6)15-2)54(9)87-71(31-16-17-32-71)48-82-35-34-81-33-30-60(28-24-58-25-29-63(64(74)43-58)73(78,79)80)83-36-40-88(12)46-62(42-57-22-26-59(27-23-57)72(75,76)77)89(13)47-61-21-20-39-91(61)55(10)52(7)86-66/h22-23,25-27,29-30,33,36,40,43,46-47,49-56,65-69,82-87H,14-21,24,28,31-32,34-35,37-39,41-42,44-45,48H2,1-13H3/t50-,51-,52?,53?,54?,55-,56?,65-,66+,67?,68-,69-/m0/s1. The van der Waals surface area contributed by atoms with E-state index in [4.69, 9.17) is 16.6 Å². The molecule has 5 unspecified atom stereocenters. The molecular formula is C73H115ClF6N12O. The van der Waals surface area contributed by atoms with Crippen LogP contribution in [0.25, 0.3) is 0 Å². The number of alkyl halides is 6. The first kappa shape index (κ1) is 75.7. The maximum atomic E-state index is 14.7. The van der Waals surface area contributed by atoms with Crippen LogP contribution in [0.1, 0.15) is 175 Å². The molecule has 5 aliphatic rings. The number of rotatable bonds is 12. The Balaban J connectivity index is 1.22. The lowest BCUT2D eigenvalue weighted by Crippen LogP contribution is -2.76. The second-order valence-corrected chi connectivity index (χ2v) is 28.9. The van der Waals surface area contributed by atoms with E-state index < -0.39 is 23.5 Å².